The summed E-state index contributed by atoms with van der Waals surface area (Å²) in [7, 11) is 0. The van der Waals surface area contributed by atoms with Crippen molar-refractivity contribution in [3.05, 3.63) is 497 Å². The normalized spacial score (nSPS) is 12.1. The largest absolute Gasteiger partial charge is 0.308 e. The number of rotatable bonds is 9. The van der Waals surface area contributed by atoms with Crippen LogP contribution in [0.15, 0.2) is 497 Å². The van der Waals surface area contributed by atoms with Gasteiger partial charge in [-0.1, -0.05) is 370 Å². The third-order valence-electron chi connectivity index (χ3n) is 29.8. The first-order valence-electron chi connectivity index (χ1n) is 48.9. The van der Waals surface area contributed by atoms with Gasteiger partial charge in [0.05, 0.1) is 94.4 Å². The fourth-order valence-electron chi connectivity index (χ4n) is 23.5. The molecule has 0 bridgehead atoms. The summed E-state index contributed by atoms with van der Waals surface area (Å²) in [4.78, 5) is 0. The number of fused-ring (bicyclic) bond motifs is 32. The Hall–Kier alpha value is -18.0. The molecule has 143 heavy (non-hydrogen) atoms. The molecular weight excluding hydrogens is 1790 g/mol. The Kier molecular flexibility index (Phi) is 18.3. The van der Waals surface area contributed by atoms with E-state index in [-0.39, 0.29) is 0 Å². The van der Waals surface area contributed by atoms with Crippen molar-refractivity contribution in [1.29, 1.82) is 0 Å². The highest BCUT2D eigenvalue weighted by Crippen LogP contribution is 2.53. The van der Waals surface area contributed by atoms with Crippen LogP contribution in [0.5, 0.6) is 0 Å². The van der Waals surface area contributed by atoms with E-state index < -0.39 is 0 Å². The zero-order valence-electron chi connectivity index (χ0n) is 77.3. The predicted octanol–water partition coefficient (Wildman–Crippen LogP) is 38.1. The molecule has 9 heterocycles. The van der Waals surface area contributed by atoms with Gasteiger partial charge >= 0.3 is 0 Å². The molecule has 9 aromatic heterocycles. The molecule has 0 N–H and O–H groups in total. The molecule has 0 aliphatic heterocycles. The lowest BCUT2D eigenvalue weighted by molar-refractivity contribution is 1.18. The molecule has 0 aliphatic carbocycles. The van der Waals surface area contributed by atoms with E-state index in [4.69, 9.17) is 0 Å². The van der Waals surface area contributed by atoms with Crippen LogP contribution in [0.2, 0.25) is 0 Å². The number of benzene rings is 23. The molecule has 32 rings (SSSR count). The van der Waals surface area contributed by atoms with Gasteiger partial charge in [0.2, 0.25) is 0 Å². The highest BCUT2D eigenvalue weighted by atomic mass is 32.1. The number of nitrogens with zero attached hydrogens (tertiary/aromatic N) is 6. The summed E-state index contributed by atoms with van der Waals surface area (Å²) >= 11 is 5.77. The lowest BCUT2D eigenvalue weighted by Gasteiger charge is -2.12. The summed E-state index contributed by atoms with van der Waals surface area (Å²) in [6.07, 6.45) is 0. The molecule has 0 spiro atoms. The number of thiophene rings is 3. The standard InChI is InChI=1S/2C46H28N2S.C42H26N2S/c1-2-13-33(14-3-1)47-42-20-9-7-17-39(42)45-44(47)40-26-25-38-37-16-6-8-19-41(37)48(43(38)46(40)49-45)34-24-23-30-27-32(22-21-31(30)28-34)36-18-10-12-29-11-4-5-15-35(29)36;1-2-12-35(13-3-1)47-42-17-9-7-15-39(42)45-44(47)40-25-24-38-37-14-6-8-16-41(37)48(43(38)46(40)49-45)36-23-22-33-27-32(20-21-34(33)28-36)31-19-18-29-10-4-5-11-30(29)26-31;1-2-15-29(16-3-1)43-38-23-9-7-20-35(38)41-40(43)36-25-24-34-33-19-6-8-22-37(33)44(39(34)42(36)45-41)30-17-10-14-28(26-30)32-21-11-13-27-12-4-5-18-31(27)32/h2*1-28H;1-26H. The van der Waals surface area contributed by atoms with Crippen molar-refractivity contribution >= 4 is 247 Å². The number of hydrogen-bond donors (Lipinski definition) is 0. The number of hydrogen-bond acceptors (Lipinski definition) is 3. The Bertz CT molecular complexity index is 10900. The summed E-state index contributed by atoms with van der Waals surface area (Å²) in [5.41, 5.74) is 29.6. The third-order valence-corrected chi connectivity index (χ3v) is 33.5. The molecule has 0 atom stereocenters. The highest BCUT2D eigenvalue weighted by molar-refractivity contribution is 7.28. The molecule has 0 aliphatic rings. The highest BCUT2D eigenvalue weighted by Gasteiger charge is 2.29. The summed E-state index contributed by atoms with van der Waals surface area (Å²) in [6.45, 7) is 0. The van der Waals surface area contributed by atoms with Gasteiger partial charge in [0, 0.05) is 98.8 Å². The zero-order chi connectivity index (χ0) is 93.6. The molecule has 0 radical (unpaired) electrons. The van der Waals surface area contributed by atoms with Gasteiger partial charge in [0.15, 0.2) is 0 Å². The Morgan fingerprint density at radius 3 is 0.755 bits per heavy atom. The van der Waals surface area contributed by atoms with Crippen LogP contribution in [0.1, 0.15) is 0 Å². The van der Waals surface area contributed by atoms with Crippen LogP contribution in [0.25, 0.3) is 280 Å². The summed E-state index contributed by atoms with van der Waals surface area (Å²) < 4.78 is 22.8. The van der Waals surface area contributed by atoms with Crippen molar-refractivity contribution in [3.63, 3.8) is 0 Å². The maximum atomic E-state index is 2.50. The average molecular weight is 1870 g/mol. The van der Waals surface area contributed by atoms with Gasteiger partial charge in [-0.05, 0) is 215 Å². The van der Waals surface area contributed by atoms with Crippen LogP contribution in [0, 0.1) is 0 Å². The van der Waals surface area contributed by atoms with Crippen LogP contribution in [0.3, 0.4) is 0 Å². The molecule has 666 valence electrons. The van der Waals surface area contributed by atoms with Gasteiger partial charge in [-0.15, -0.1) is 34.0 Å². The van der Waals surface area contributed by atoms with E-state index in [1.54, 1.807) is 0 Å². The molecule has 32 aromatic rings. The second-order valence-corrected chi connectivity index (χ2v) is 40.7. The summed E-state index contributed by atoms with van der Waals surface area (Å²) in [6, 6.07) is 182. The van der Waals surface area contributed by atoms with E-state index in [9.17, 15) is 0 Å². The van der Waals surface area contributed by atoms with Crippen molar-refractivity contribution in [3.8, 4) is 67.5 Å². The Morgan fingerprint density at radius 1 is 0.119 bits per heavy atom. The quantitative estimate of drug-likeness (QED) is 0.138. The van der Waals surface area contributed by atoms with E-state index in [0.717, 1.165) is 0 Å². The van der Waals surface area contributed by atoms with Crippen molar-refractivity contribution in [2.45, 2.75) is 0 Å². The van der Waals surface area contributed by atoms with Crippen molar-refractivity contribution < 1.29 is 0 Å². The van der Waals surface area contributed by atoms with E-state index in [2.05, 4.69) is 525 Å². The molecule has 9 heteroatoms. The number of aromatic nitrogens is 6. The first-order valence-corrected chi connectivity index (χ1v) is 51.4. The van der Waals surface area contributed by atoms with Gasteiger partial charge in [0.1, 0.15) is 0 Å². The molecule has 0 saturated heterocycles. The van der Waals surface area contributed by atoms with E-state index in [1.165, 1.54) is 280 Å². The lowest BCUT2D eigenvalue weighted by atomic mass is 9.96. The van der Waals surface area contributed by atoms with Crippen molar-refractivity contribution in [2.24, 2.45) is 0 Å². The van der Waals surface area contributed by atoms with Crippen LogP contribution in [0.4, 0.5) is 0 Å². The Labute approximate surface area is 832 Å². The second-order valence-electron chi connectivity index (χ2n) is 37.6. The third kappa shape index (κ3) is 12.6. The fourth-order valence-corrected chi connectivity index (χ4v) is 27.6. The fraction of sp³-hybridized carbons (Fsp3) is 0. The first-order chi connectivity index (χ1) is 71.0. The minimum Gasteiger partial charge on any atom is -0.308 e. The molecule has 0 amide bonds. The Balaban J connectivity index is 0.000000100. The van der Waals surface area contributed by atoms with Crippen LogP contribution < -0.4 is 0 Å². The van der Waals surface area contributed by atoms with Gasteiger partial charge < -0.3 is 27.4 Å². The van der Waals surface area contributed by atoms with Gasteiger partial charge in [-0.2, -0.15) is 0 Å². The zero-order valence-corrected chi connectivity index (χ0v) is 79.7. The van der Waals surface area contributed by atoms with E-state index in [1.807, 2.05) is 34.0 Å². The predicted molar refractivity (Wildman–Crippen MR) is 615 cm³/mol. The molecule has 0 fully saturated rings. The monoisotopic (exact) mass is 1870 g/mol. The van der Waals surface area contributed by atoms with E-state index in [0.29, 0.717) is 0 Å². The van der Waals surface area contributed by atoms with E-state index >= 15 is 0 Å². The van der Waals surface area contributed by atoms with Crippen molar-refractivity contribution in [1.82, 2.24) is 27.4 Å². The smallest absolute Gasteiger partial charge is 0.0728 e. The van der Waals surface area contributed by atoms with Crippen LogP contribution >= 0.6 is 34.0 Å². The minimum absolute atomic E-state index is 1.17. The minimum atomic E-state index is 1.17. The maximum Gasteiger partial charge on any atom is 0.0728 e. The molecular formula is C134H82N6S3. The van der Waals surface area contributed by atoms with Gasteiger partial charge in [0.25, 0.3) is 0 Å². The van der Waals surface area contributed by atoms with Crippen molar-refractivity contribution in [2.75, 3.05) is 0 Å². The molecule has 0 unspecified atom stereocenters. The second kappa shape index (κ2) is 32.3. The van der Waals surface area contributed by atoms with Crippen LogP contribution in [-0.4, -0.2) is 27.4 Å². The topological polar surface area (TPSA) is 29.6 Å². The van der Waals surface area contributed by atoms with Gasteiger partial charge in [-0.3, -0.25) is 0 Å². The summed E-state index contributed by atoms with van der Waals surface area (Å²) in [5, 5.41) is 28.0. The first kappa shape index (κ1) is 81.1. The van der Waals surface area contributed by atoms with Gasteiger partial charge in [-0.25, -0.2) is 0 Å². The molecule has 0 saturated carbocycles. The molecule has 23 aromatic carbocycles. The maximum absolute atomic E-state index is 2.50. The average Bonchev–Trinajstić information content (AvgIpc) is 1.54. The van der Waals surface area contributed by atoms with Crippen LogP contribution in [-0.2, 0) is 0 Å². The SMILES string of the molecule is c1ccc(-n2c3ccccc3c3sc4c(ccc5c6ccccc6n(-c6ccc7cc(-c8ccc9ccccc9c8)ccc7c6)c54)c32)cc1.c1ccc(-n2c3ccccc3c3sc4c(ccc5c6ccccc6n(-c6ccc7cc(-c8cccc9ccccc89)ccc7c6)c54)c32)cc1.c1ccc(-n2c3ccccc3c3sc4c(ccc5c6ccccc6n(-c6cccc(-c7cccc8ccccc78)c6)c54)c32)cc1. The lowest BCUT2D eigenvalue weighted by Crippen LogP contribution is -1.95. The number of para-hydroxylation sites is 9. The summed E-state index contributed by atoms with van der Waals surface area (Å²) in [5.74, 6) is 0. The Morgan fingerprint density at radius 2 is 0.357 bits per heavy atom. The molecule has 6 nitrogen and oxygen atoms in total.